The minimum Gasteiger partial charge on any atom is -0.297 e. The van der Waals surface area contributed by atoms with Gasteiger partial charge in [0, 0.05) is 12.8 Å². The first-order chi connectivity index (χ1) is 5.36. The lowest BCUT2D eigenvalue weighted by atomic mass is 10.0. The van der Waals surface area contributed by atoms with E-state index in [1.54, 1.807) is 0 Å². The molecule has 3 unspecified atom stereocenters. The molecule has 64 valence electrons. The van der Waals surface area contributed by atoms with Crippen LogP contribution in [0, 0.1) is 17.8 Å². The molecule has 0 aromatic carbocycles. The summed E-state index contributed by atoms with van der Waals surface area (Å²) in [5.41, 5.74) is 0. The van der Waals surface area contributed by atoms with Gasteiger partial charge in [-0.05, 0) is 30.6 Å². The molecular formula is C10H19N. The van der Waals surface area contributed by atoms with E-state index in [1.165, 1.54) is 12.8 Å². The molecule has 0 saturated heterocycles. The molecule has 0 aromatic heterocycles. The van der Waals surface area contributed by atoms with Crippen LogP contribution < -0.4 is 0 Å². The van der Waals surface area contributed by atoms with Gasteiger partial charge in [-0.2, -0.15) is 0 Å². The Morgan fingerprint density at radius 2 is 2.00 bits per heavy atom. The maximum absolute atomic E-state index is 4.28. The largest absolute Gasteiger partial charge is 0.297 e. The Hall–Kier alpha value is -0.330. The van der Waals surface area contributed by atoms with Gasteiger partial charge in [-0.15, -0.1) is 0 Å². The third-order valence-corrected chi connectivity index (χ3v) is 2.62. The average molecular weight is 153 g/mol. The van der Waals surface area contributed by atoms with Crippen molar-refractivity contribution in [3.63, 3.8) is 0 Å². The number of nitrogens with zero attached hydrogens (tertiary/aromatic N) is 1. The van der Waals surface area contributed by atoms with Crippen LogP contribution in [0.25, 0.3) is 0 Å². The Labute approximate surface area is 69.9 Å². The number of hydrogen-bond donors (Lipinski definition) is 0. The fraction of sp³-hybridized carbons (Fsp3) is 0.900. The average Bonchev–Trinajstić information content (AvgIpc) is 2.51. The summed E-state index contributed by atoms with van der Waals surface area (Å²) in [5.74, 6) is 2.76. The molecule has 11 heavy (non-hydrogen) atoms. The number of hydrogen-bond acceptors (Lipinski definition) is 1. The van der Waals surface area contributed by atoms with Crippen LogP contribution in [0.3, 0.4) is 0 Å². The Morgan fingerprint density at radius 1 is 1.27 bits per heavy atom. The summed E-state index contributed by atoms with van der Waals surface area (Å²) < 4.78 is 0. The van der Waals surface area contributed by atoms with E-state index in [1.807, 2.05) is 13.8 Å². The predicted molar refractivity (Wildman–Crippen MR) is 50.1 cm³/mol. The molecule has 1 fully saturated rings. The molecule has 0 radical (unpaired) electrons. The van der Waals surface area contributed by atoms with Gasteiger partial charge in [0.2, 0.25) is 0 Å². The van der Waals surface area contributed by atoms with Gasteiger partial charge in [-0.1, -0.05) is 20.8 Å². The SMILES string of the molecule is CC.CC1CC2C=NCC2C1. The summed E-state index contributed by atoms with van der Waals surface area (Å²) in [6.07, 6.45) is 4.99. The van der Waals surface area contributed by atoms with E-state index < -0.39 is 0 Å². The molecule has 0 bridgehead atoms. The van der Waals surface area contributed by atoms with E-state index in [0.717, 1.165) is 24.3 Å². The molecular weight excluding hydrogens is 134 g/mol. The van der Waals surface area contributed by atoms with Crippen molar-refractivity contribution in [2.45, 2.75) is 33.6 Å². The van der Waals surface area contributed by atoms with Crippen molar-refractivity contribution in [1.29, 1.82) is 0 Å². The second-order valence-electron chi connectivity index (χ2n) is 3.51. The molecule has 0 N–H and O–H groups in total. The predicted octanol–water partition coefficient (Wildman–Crippen LogP) is 2.76. The topological polar surface area (TPSA) is 12.4 Å². The second kappa shape index (κ2) is 3.89. The van der Waals surface area contributed by atoms with E-state index in [9.17, 15) is 0 Å². The van der Waals surface area contributed by atoms with Crippen molar-refractivity contribution >= 4 is 6.21 Å². The minimum atomic E-state index is 0.861. The van der Waals surface area contributed by atoms with E-state index in [0.29, 0.717) is 0 Å². The van der Waals surface area contributed by atoms with Gasteiger partial charge in [0.05, 0.1) is 0 Å². The lowest BCUT2D eigenvalue weighted by Crippen LogP contribution is -2.03. The monoisotopic (exact) mass is 153 g/mol. The maximum Gasteiger partial charge on any atom is 0.0420 e. The molecule has 2 aliphatic rings. The Kier molecular flexibility index (Phi) is 3.10. The van der Waals surface area contributed by atoms with Gasteiger partial charge in [0.1, 0.15) is 0 Å². The first-order valence-corrected chi connectivity index (χ1v) is 4.86. The highest BCUT2D eigenvalue weighted by atomic mass is 14.8. The first-order valence-electron chi connectivity index (χ1n) is 4.86. The van der Waals surface area contributed by atoms with Crippen LogP contribution in [-0.4, -0.2) is 12.8 Å². The summed E-state index contributed by atoms with van der Waals surface area (Å²) in [6.45, 7) is 7.47. The summed E-state index contributed by atoms with van der Waals surface area (Å²) in [6, 6.07) is 0. The van der Waals surface area contributed by atoms with E-state index >= 15 is 0 Å². The molecule has 0 spiro atoms. The van der Waals surface area contributed by atoms with Gasteiger partial charge >= 0.3 is 0 Å². The zero-order valence-corrected chi connectivity index (χ0v) is 7.88. The summed E-state index contributed by atoms with van der Waals surface area (Å²) in [4.78, 5) is 4.28. The van der Waals surface area contributed by atoms with Crippen molar-refractivity contribution in [1.82, 2.24) is 0 Å². The normalized spacial score (nSPS) is 39.7. The fourth-order valence-electron chi connectivity index (χ4n) is 2.17. The lowest BCUT2D eigenvalue weighted by molar-refractivity contribution is 0.519. The lowest BCUT2D eigenvalue weighted by Gasteiger charge is -2.02. The van der Waals surface area contributed by atoms with Crippen LogP contribution >= 0.6 is 0 Å². The first kappa shape index (κ1) is 8.76. The molecule has 1 aliphatic carbocycles. The van der Waals surface area contributed by atoms with E-state index in [2.05, 4.69) is 18.1 Å². The highest BCUT2D eigenvalue weighted by Gasteiger charge is 2.32. The number of rotatable bonds is 0. The van der Waals surface area contributed by atoms with E-state index in [4.69, 9.17) is 0 Å². The molecule has 0 aromatic rings. The molecule has 3 atom stereocenters. The number of aliphatic imine (C=N–C) groups is 1. The van der Waals surface area contributed by atoms with Crippen LogP contribution in [0.4, 0.5) is 0 Å². The molecule has 1 heteroatoms. The quantitative estimate of drug-likeness (QED) is 0.507. The van der Waals surface area contributed by atoms with Crippen molar-refractivity contribution in [2.75, 3.05) is 6.54 Å². The zero-order chi connectivity index (χ0) is 8.27. The Balaban J connectivity index is 0.000000281. The Morgan fingerprint density at radius 3 is 2.64 bits per heavy atom. The van der Waals surface area contributed by atoms with Gasteiger partial charge in [-0.25, -0.2) is 0 Å². The Bertz CT molecular complexity index is 140. The van der Waals surface area contributed by atoms with Gasteiger partial charge in [0.25, 0.3) is 0 Å². The molecule has 2 rings (SSSR count). The highest BCUT2D eigenvalue weighted by molar-refractivity contribution is 5.64. The van der Waals surface area contributed by atoms with Gasteiger partial charge < -0.3 is 0 Å². The van der Waals surface area contributed by atoms with Crippen LogP contribution in [0.15, 0.2) is 4.99 Å². The number of fused-ring (bicyclic) bond motifs is 1. The van der Waals surface area contributed by atoms with Gasteiger partial charge in [-0.3, -0.25) is 4.99 Å². The van der Waals surface area contributed by atoms with E-state index in [-0.39, 0.29) is 0 Å². The van der Waals surface area contributed by atoms with Crippen LogP contribution in [0.5, 0.6) is 0 Å². The molecule has 1 nitrogen and oxygen atoms in total. The standard InChI is InChI=1S/C8H13N.C2H6/c1-6-2-7-4-9-5-8(7)3-6;1-2/h4,6-8H,2-3,5H2,1H3;1-2H3. The van der Waals surface area contributed by atoms with Crippen LogP contribution in [-0.2, 0) is 0 Å². The molecule has 1 saturated carbocycles. The highest BCUT2D eigenvalue weighted by Crippen LogP contribution is 2.37. The van der Waals surface area contributed by atoms with Crippen molar-refractivity contribution in [3.8, 4) is 0 Å². The molecule has 1 heterocycles. The van der Waals surface area contributed by atoms with Crippen molar-refractivity contribution < 1.29 is 0 Å². The fourth-order valence-corrected chi connectivity index (χ4v) is 2.17. The smallest absolute Gasteiger partial charge is 0.0420 e. The zero-order valence-electron chi connectivity index (χ0n) is 7.88. The third kappa shape index (κ3) is 1.82. The summed E-state index contributed by atoms with van der Waals surface area (Å²) in [7, 11) is 0. The van der Waals surface area contributed by atoms with Crippen LogP contribution in [0.1, 0.15) is 33.6 Å². The van der Waals surface area contributed by atoms with Crippen molar-refractivity contribution in [3.05, 3.63) is 0 Å². The van der Waals surface area contributed by atoms with Crippen molar-refractivity contribution in [2.24, 2.45) is 22.7 Å². The summed E-state index contributed by atoms with van der Waals surface area (Å²) in [5, 5.41) is 0. The van der Waals surface area contributed by atoms with Gasteiger partial charge in [0.15, 0.2) is 0 Å². The second-order valence-corrected chi connectivity index (χ2v) is 3.51. The third-order valence-electron chi connectivity index (χ3n) is 2.62. The maximum atomic E-state index is 4.28. The van der Waals surface area contributed by atoms with Crippen LogP contribution in [0.2, 0.25) is 0 Å². The summed E-state index contributed by atoms with van der Waals surface area (Å²) >= 11 is 0. The molecule has 1 aliphatic heterocycles. The minimum absolute atomic E-state index is 0.861. The molecule has 0 amide bonds.